The van der Waals surface area contributed by atoms with Gasteiger partial charge in [0.05, 0.1) is 41.4 Å². The van der Waals surface area contributed by atoms with Crippen LogP contribution in [0.3, 0.4) is 0 Å². The number of rotatable bonds is 10. The van der Waals surface area contributed by atoms with Gasteiger partial charge in [0.1, 0.15) is 0 Å². The van der Waals surface area contributed by atoms with Gasteiger partial charge in [0.25, 0.3) is 0 Å². The van der Waals surface area contributed by atoms with E-state index in [2.05, 4.69) is 22.6 Å². The highest BCUT2D eigenvalue weighted by atomic mass is 127. The van der Waals surface area contributed by atoms with Gasteiger partial charge in [-0.1, -0.05) is 101 Å². The van der Waals surface area contributed by atoms with Crippen LogP contribution in [0, 0.1) is 0 Å². The molecule has 0 aliphatic carbocycles. The van der Waals surface area contributed by atoms with Crippen molar-refractivity contribution in [3.05, 3.63) is 108 Å². The average molecular weight is 587 g/mol. The van der Waals surface area contributed by atoms with Gasteiger partial charge < -0.3 is 19.4 Å². The maximum Gasteiger partial charge on any atom is 0.357 e. The van der Waals surface area contributed by atoms with Gasteiger partial charge in [0, 0.05) is 0 Å². The first-order valence-electron chi connectivity index (χ1n) is 11.8. The molecule has 4 rings (SSSR count). The zero-order valence-corrected chi connectivity index (χ0v) is 21.6. The molecule has 1 saturated heterocycles. The highest BCUT2D eigenvalue weighted by Crippen LogP contribution is 2.29. The van der Waals surface area contributed by atoms with Crippen molar-refractivity contribution >= 4 is 28.6 Å². The van der Waals surface area contributed by atoms with Crippen molar-refractivity contribution in [2.45, 2.75) is 48.4 Å². The first-order valence-corrected chi connectivity index (χ1v) is 13.0. The Labute approximate surface area is 219 Å². The van der Waals surface area contributed by atoms with Gasteiger partial charge in [-0.15, -0.1) is 5.06 Å². The summed E-state index contributed by atoms with van der Waals surface area (Å²) >= 11 is 2.21. The molecule has 4 unspecified atom stereocenters. The lowest BCUT2D eigenvalue weighted by Gasteiger charge is -2.39. The topological polar surface area (TPSA) is 68.2 Å². The van der Waals surface area contributed by atoms with E-state index in [0.29, 0.717) is 18.7 Å². The molecule has 0 radical (unpaired) electrons. The molecule has 1 aliphatic heterocycles. The monoisotopic (exact) mass is 587 g/mol. The van der Waals surface area contributed by atoms with Crippen molar-refractivity contribution in [2.75, 3.05) is 6.61 Å². The zero-order chi connectivity index (χ0) is 24.5. The van der Waals surface area contributed by atoms with Crippen molar-refractivity contribution < 1.29 is 24.2 Å². The molecule has 35 heavy (non-hydrogen) atoms. The number of hydrogen-bond acceptors (Lipinski definition) is 6. The van der Waals surface area contributed by atoms with Gasteiger partial charge in [0.2, 0.25) is 0 Å². The normalized spacial score (nSPS) is 20.9. The van der Waals surface area contributed by atoms with E-state index in [4.69, 9.17) is 14.3 Å². The Morgan fingerprint density at radius 2 is 1.54 bits per heavy atom. The van der Waals surface area contributed by atoms with Crippen LogP contribution in [-0.2, 0) is 27.5 Å². The van der Waals surface area contributed by atoms with Crippen LogP contribution in [0.4, 0.5) is 0 Å². The third kappa shape index (κ3) is 7.59. The fraction of sp³-hybridized carbons (Fsp3) is 0.321. The summed E-state index contributed by atoms with van der Waals surface area (Å²) in [6, 6.07) is 28.3. The molecular formula is C28H30INO5. The second-order valence-corrected chi connectivity index (χ2v) is 10.1. The summed E-state index contributed by atoms with van der Waals surface area (Å²) in [6.45, 7) is 1.06. The average Bonchev–Trinajstić information content (AvgIpc) is 2.90. The van der Waals surface area contributed by atoms with E-state index in [1.54, 1.807) is 29.3 Å². The molecule has 0 saturated carbocycles. The SMILES string of the molecule is O=C(ON(Cc1ccccc1)C(COCc1ccccc1)C1CCC(I)C(O)O1)c1ccccc1. The Hall–Kier alpha value is -2.30. The fourth-order valence-electron chi connectivity index (χ4n) is 4.04. The van der Waals surface area contributed by atoms with E-state index in [1.165, 1.54) is 0 Å². The minimum absolute atomic E-state index is 0.0178. The number of alkyl halides is 1. The number of aliphatic hydroxyl groups excluding tert-OH is 1. The van der Waals surface area contributed by atoms with Crippen molar-refractivity contribution in [3.63, 3.8) is 0 Å². The van der Waals surface area contributed by atoms with E-state index < -0.39 is 18.3 Å². The van der Waals surface area contributed by atoms with Crippen LogP contribution in [0.2, 0.25) is 0 Å². The number of hydrogen-bond donors (Lipinski definition) is 1. The predicted molar refractivity (Wildman–Crippen MR) is 142 cm³/mol. The van der Waals surface area contributed by atoms with Crippen molar-refractivity contribution in [1.29, 1.82) is 0 Å². The number of hydroxylamine groups is 2. The number of carbonyl (C=O) groups excluding carboxylic acids is 1. The van der Waals surface area contributed by atoms with Gasteiger partial charge >= 0.3 is 5.97 Å². The molecule has 0 aromatic heterocycles. The summed E-state index contributed by atoms with van der Waals surface area (Å²) in [4.78, 5) is 19.0. The predicted octanol–water partition coefficient (Wildman–Crippen LogP) is 5.15. The highest BCUT2D eigenvalue weighted by Gasteiger charge is 2.38. The molecule has 1 heterocycles. The number of carbonyl (C=O) groups is 1. The number of benzene rings is 3. The Balaban J connectivity index is 1.57. The molecule has 1 fully saturated rings. The Kier molecular flexibility index (Phi) is 9.67. The van der Waals surface area contributed by atoms with Gasteiger partial charge in [-0.25, -0.2) is 4.79 Å². The number of aliphatic hydroxyl groups is 1. The van der Waals surface area contributed by atoms with Crippen LogP contribution in [0.5, 0.6) is 0 Å². The van der Waals surface area contributed by atoms with Crippen LogP contribution >= 0.6 is 22.6 Å². The second-order valence-electron chi connectivity index (χ2n) is 8.53. The lowest BCUT2D eigenvalue weighted by Crippen LogP contribution is -2.52. The molecule has 3 aromatic rings. The molecule has 3 aromatic carbocycles. The van der Waals surface area contributed by atoms with E-state index in [0.717, 1.165) is 24.0 Å². The molecule has 0 spiro atoms. The Morgan fingerprint density at radius 1 is 0.943 bits per heavy atom. The fourth-order valence-corrected chi connectivity index (χ4v) is 4.57. The van der Waals surface area contributed by atoms with E-state index in [1.807, 2.05) is 66.7 Å². The summed E-state index contributed by atoms with van der Waals surface area (Å²) < 4.78 is 12.1. The molecular weight excluding hydrogens is 557 g/mol. The second kappa shape index (κ2) is 13.1. The molecule has 4 atom stereocenters. The van der Waals surface area contributed by atoms with Gasteiger partial charge in [-0.05, 0) is 36.1 Å². The zero-order valence-electron chi connectivity index (χ0n) is 19.4. The summed E-state index contributed by atoms with van der Waals surface area (Å²) in [6.07, 6.45) is 0.277. The molecule has 1 aliphatic rings. The van der Waals surface area contributed by atoms with Crippen molar-refractivity contribution in [3.8, 4) is 0 Å². The molecule has 1 N–H and O–H groups in total. The minimum atomic E-state index is -0.880. The maximum atomic E-state index is 13.0. The molecule has 6 nitrogen and oxygen atoms in total. The van der Waals surface area contributed by atoms with Gasteiger partial charge in [-0.2, -0.15) is 0 Å². The summed E-state index contributed by atoms with van der Waals surface area (Å²) in [5.74, 6) is -0.447. The van der Waals surface area contributed by atoms with Crippen LogP contribution < -0.4 is 0 Å². The van der Waals surface area contributed by atoms with E-state index in [-0.39, 0.29) is 16.6 Å². The quantitative estimate of drug-likeness (QED) is 0.201. The first kappa shape index (κ1) is 25.8. The molecule has 184 valence electrons. The van der Waals surface area contributed by atoms with E-state index in [9.17, 15) is 9.90 Å². The van der Waals surface area contributed by atoms with Gasteiger partial charge in [0.15, 0.2) is 6.29 Å². The Bertz CT molecular complexity index is 1040. The summed E-state index contributed by atoms with van der Waals surface area (Å²) in [5.41, 5.74) is 2.51. The Morgan fingerprint density at radius 3 is 2.17 bits per heavy atom. The van der Waals surface area contributed by atoms with Crippen molar-refractivity contribution in [1.82, 2.24) is 5.06 Å². The highest BCUT2D eigenvalue weighted by molar-refractivity contribution is 14.1. The van der Waals surface area contributed by atoms with E-state index >= 15 is 0 Å². The summed E-state index contributed by atoms with van der Waals surface area (Å²) in [7, 11) is 0. The van der Waals surface area contributed by atoms with Crippen LogP contribution in [0.25, 0.3) is 0 Å². The lowest BCUT2D eigenvalue weighted by atomic mass is 10.0. The third-order valence-corrected chi connectivity index (χ3v) is 7.18. The summed E-state index contributed by atoms with van der Waals surface area (Å²) in [5, 5.41) is 12.1. The molecule has 0 amide bonds. The lowest BCUT2D eigenvalue weighted by molar-refractivity contribution is -0.230. The largest absolute Gasteiger partial charge is 0.375 e. The van der Waals surface area contributed by atoms with Crippen LogP contribution in [-0.4, -0.2) is 45.1 Å². The standard InChI is InChI=1S/C28H30INO5/c29-24-16-17-26(34-28(24)32)25(20-33-19-22-12-6-2-7-13-22)30(18-21-10-4-1-5-11-21)35-27(31)23-14-8-3-9-15-23/h1-15,24-26,28,32H,16-20H2. The maximum absolute atomic E-state index is 13.0. The first-order chi connectivity index (χ1) is 17.1. The minimum Gasteiger partial charge on any atom is -0.375 e. The van der Waals surface area contributed by atoms with Crippen molar-refractivity contribution in [2.24, 2.45) is 0 Å². The number of halogens is 1. The molecule has 0 bridgehead atoms. The van der Waals surface area contributed by atoms with Crippen LogP contribution in [0.15, 0.2) is 91.0 Å². The smallest absolute Gasteiger partial charge is 0.357 e. The van der Waals surface area contributed by atoms with Crippen LogP contribution in [0.1, 0.15) is 34.3 Å². The third-order valence-electron chi connectivity index (χ3n) is 5.94. The number of nitrogens with zero attached hydrogens (tertiary/aromatic N) is 1. The van der Waals surface area contributed by atoms with Gasteiger partial charge in [-0.3, -0.25) is 0 Å². The molecule has 7 heteroatoms. The number of ether oxygens (including phenoxy) is 2.